The average Bonchev–Trinajstić information content (AvgIpc) is 2.69. The molecule has 0 aliphatic carbocycles. The van der Waals surface area contributed by atoms with E-state index in [1.807, 2.05) is 44.9 Å². The Balaban J connectivity index is -0.000000512. The van der Waals surface area contributed by atoms with E-state index in [4.69, 9.17) is 19.4 Å². The van der Waals surface area contributed by atoms with Crippen LogP contribution >= 0.6 is 11.9 Å². The zero-order chi connectivity index (χ0) is 23.1. The van der Waals surface area contributed by atoms with Crippen molar-refractivity contribution in [2.24, 2.45) is 11.7 Å². The molecule has 3 N–H and O–H groups in total. The highest BCUT2D eigenvalue weighted by atomic mass is 32.2. The minimum Gasteiger partial charge on any atom is -0.497 e. The molecule has 0 aliphatic rings. The van der Waals surface area contributed by atoms with Gasteiger partial charge in [-0.2, -0.15) is 0 Å². The van der Waals surface area contributed by atoms with E-state index < -0.39 is 0 Å². The first kappa shape index (κ1) is 31.6. The number of amides is 1. The number of ether oxygens (including phenoxy) is 1. The van der Waals surface area contributed by atoms with E-state index in [1.165, 1.54) is 4.90 Å². The Kier molecular flexibility index (Phi) is 26.1. The molecule has 29 heavy (non-hydrogen) atoms. The van der Waals surface area contributed by atoms with Crippen LogP contribution < -0.4 is 10.5 Å². The van der Waals surface area contributed by atoms with Crippen LogP contribution in [0.5, 0.6) is 5.75 Å². The number of hydrogen-bond donors (Lipinski definition) is 2. The maximum atomic E-state index is 8.93. The lowest BCUT2D eigenvalue weighted by atomic mass is 10.2. The lowest BCUT2D eigenvalue weighted by molar-refractivity contribution is -0.107. The predicted octanol–water partition coefficient (Wildman–Crippen LogP) is 4.10. The third-order valence-corrected chi connectivity index (χ3v) is 3.95. The van der Waals surface area contributed by atoms with Gasteiger partial charge >= 0.3 is 0 Å². The Labute approximate surface area is 180 Å². The second-order valence-corrected chi connectivity index (χ2v) is 7.28. The van der Waals surface area contributed by atoms with Crippen molar-refractivity contribution in [3.05, 3.63) is 48.6 Å². The highest BCUT2D eigenvalue weighted by Crippen LogP contribution is 2.25. The van der Waals surface area contributed by atoms with E-state index >= 15 is 0 Å². The Hall–Kier alpha value is -2.09. The maximum Gasteiger partial charge on any atom is 0.204 e. The van der Waals surface area contributed by atoms with Crippen LogP contribution in [0.2, 0.25) is 0 Å². The third kappa shape index (κ3) is 23.9. The van der Waals surface area contributed by atoms with Gasteiger partial charge in [0.2, 0.25) is 6.41 Å². The molecule has 0 atom stereocenters. The molecule has 1 aromatic carbocycles. The lowest BCUT2D eigenvalue weighted by Crippen LogP contribution is -2.22. The fourth-order valence-electron chi connectivity index (χ4n) is 1.90. The first-order valence-electron chi connectivity index (χ1n) is 9.24. The number of allylic oxidation sites excluding steroid dienone is 3. The van der Waals surface area contributed by atoms with E-state index in [0.717, 1.165) is 30.8 Å². The molecule has 7 heteroatoms. The summed E-state index contributed by atoms with van der Waals surface area (Å²) in [5.74, 6) is 1.50. The number of carbonyl (C=O) groups is 2. The molecule has 0 saturated carbocycles. The van der Waals surface area contributed by atoms with E-state index in [9.17, 15) is 0 Å². The van der Waals surface area contributed by atoms with Crippen molar-refractivity contribution in [2.45, 2.75) is 39.0 Å². The van der Waals surface area contributed by atoms with E-state index in [1.54, 1.807) is 19.1 Å². The fourth-order valence-corrected chi connectivity index (χ4v) is 3.05. The lowest BCUT2D eigenvalue weighted by Gasteiger charge is -2.22. The van der Waals surface area contributed by atoms with Crippen LogP contribution in [-0.4, -0.2) is 49.4 Å². The summed E-state index contributed by atoms with van der Waals surface area (Å²) < 4.78 is 7.46. The van der Waals surface area contributed by atoms with Gasteiger partial charge in [-0.3, -0.25) is 4.79 Å². The molecule has 6 nitrogen and oxygen atoms in total. The van der Waals surface area contributed by atoms with Crippen LogP contribution in [0.15, 0.2) is 53.5 Å². The molecule has 0 spiro atoms. The summed E-state index contributed by atoms with van der Waals surface area (Å²) in [6, 6.07) is 8.08. The van der Waals surface area contributed by atoms with Gasteiger partial charge in [-0.05, 0) is 62.4 Å². The van der Waals surface area contributed by atoms with Crippen molar-refractivity contribution in [1.29, 1.82) is 0 Å². The summed E-state index contributed by atoms with van der Waals surface area (Å²) in [4.78, 5) is 17.8. The molecule has 166 valence electrons. The quantitative estimate of drug-likeness (QED) is 0.351. The van der Waals surface area contributed by atoms with Crippen LogP contribution in [0.25, 0.3) is 0 Å². The molecule has 1 rings (SSSR count). The number of primary amides is 1. The largest absolute Gasteiger partial charge is 0.497 e. The number of nitrogens with two attached hydrogens (primary N) is 1. The number of benzene rings is 1. The van der Waals surface area contributed by atoms with Crippen molar-refractivity contribution in [1.82, 2.24) is 4.31 Å². The van der Waals surface area contributed by atoms with Crippen LogP contribution in [-0.2, 0) is 9.59 Å². The molecule has 0 aromatic heterocycles. The summed E-state index contributed by atoms with van der Waals surface area (Å²) in [5, 5.41) is 8.93. The second kappa shape index (κ2) is 23.9. The van der Waals surface area contributed by atoms with Gasteiger partial charge in [-0.1, -0.05) is 38.2 Å². The molecule has 1 aromatic rings. The van der Waals surface area contributed by atoms with Gasteiger partial charge in [0, 0.05) is 24.6 Å². The summed E-state index contributed by atoms with van der Waals surface area (Å²) in [7, 11) is 1.68. The minimum absolute atomic E-state index is 0.248. The first-order chi connectivity index (χ1) is 13.8. The van der Waals surface area contributed by atoms with E-state index in [2.05, 4.69) is 42.6 Å². The molecule has 1 amide bonds. The summed E-state index contributed by atoms with van der Waals surface area (Å²) in [5.41, 5.74) is 5.28. The number of carbonyl (C=O) groups excluding carboxylic acids is 2. The normalized spacial score (nSPS) is 9.52. The average molecular weight is 427 g/mol. The Morgan fingerprint density at radius 3 is 2.14 bits per heavy atom. The van der Waals surface area contributed by atoms with Crippen LogP contribution in [0.3, 0.4) is 0 Å². The van der Waals surface area contributed by atoms with Crippen molar-refractivity contribution in [2.75, 3.05) is 26.8 Å². The molecule has 0 heterocycles. The van der Waals surface area contributed by atoms with Gasteiger partial charge in [0.05, 0.1) is 7.11 Å². The SMILES string of the molecule is C=C(C)/C=C\C.C=O.COc1ccc(SN(CCCO)CC(C)C)cc1.NC=O. The highest BCUT2D eigenvalue weighted by molar-refractivity contribution is 7.97. The molecule has 0 radical (unpaired) electrons. The van der Waals surface area contributed by atoms with Gasteiger partial charge < -0.3 is 20.4 Å². The van der Waals surface area contributed by atoms with Gasteiger partial charge in [0.15, 0.2) is 0 Å². The number of aliphatic hydroxyl groups excluding tert-OH is 1. The number of aliphatic hydroxyl groups is 1. The van der Waals surface area contributed by atoms with Gasteiger partial charge in [0.1, 0.15) is 12.5 Å². The van der Waals surface area contributed by atoms with Crippen molar-refractivity contribution >= 4 is 25.1 Å². The maximum absolute atomic E-state index is 8.93. The fraction of sp³-hybridized carbons (Fsp3) is 0.455. The Morgan fingerprint density at radius 1 is 1.31 bits per heavy atom. The van der Waals surface area contributed by atoms with Gasteiger partial charge in [-0.25, -0.2) is 4.31 Å². The Morgan fingerprint density at radius 2 is 1.83 bits per heavy atom. The summed E-state index contributed by atoms with van der Waals surface area (Å²) in [6.07, 6.45) is 5.01. The molecule has 0 fully saturated rings. The molecular formula is C22H38N2O4S. The van der Waals surface area contributed by atoms with E-state index in [-0.39, 0.29) is 13.0 Å². The summed E-state index contributed by atoms with van der Waals surface area (Å²) >= 11 is 1.74. The van der Waals surface area contributed by atoms with Crippen LogP contribution in [0.4, 0.5) is 0 Å². The monoisotopic (exact) mass is 426 g/mol. The molecular weight excluding hydrogens is 388 g/mol. The number of methoxy groups -OCH3 is 1. The second-order valence-electron chi connectivity index (χ2n) is 6.11. The van der Waals surface area contributed by atoms with Gasteiger partial charge in [-0.15, -0.1) is 0 Å². The first-order valence-corrected chi connectivity index (χ1v) is 10.0. The zero-order valence-electron chi connectivity index (χ0n) is 18.5. The number of nitrogens with zero attached hydrogens (tertiary/aromatic N) is 1. The molecule has 0 aliphatic heterocycles. The Bertz CT molecular complexity index is 534. The van der Waals surface area contributed by atoms with Crippen molar-refractivity contribution in [3.63, 3.8) is 0 Å². The third-order valence-electron chi connectivity index (χ3n) is 2.88. The van der Waals surface area contributed by atoms with E-state index in [0.29, 0.717) is 5.92 Å². The zero-order valence-corrected chi connectivity index (χ0v) is 19.3. The smallest absolute Gasteiger partial charge is 0.204 e. The number of hydrogen-bond acceptors (Lipinski definition) is 6. The van der Waals surface area contributed by atoms with Crippen molar-refractivity contribution in [3.8, 4) is 5.75 Å². The highest BCUT2D eigenvalue weighted by Gasteiger charge is 2.09. The minimum atomic E-state index is 0.248. The summed E-state index contributed by atoms with van der Waals surface area (Å²) in [6.45, 7) is 16.2. The molecule has 0 saturated heterocycles. The molecule has 0 bridgehead atoms. The number of rotatable bonds is 9. The van der Waals surface area contributed by atoms with Crippen LogP contribution in [0.1, 0.15) is 34.1 Å². The topological polar surface area (TPSA) is 92.9 Å². The van der Waals surface area contributed by atoms with Crippen LogP contribution in [0, 0.1) is 5.92 Å². The standard InChI is InChI=1S/C14H23NO2S.C6H10.CH3NO.CH2O/c1-12(2)11-15(9-4-10-16)18-14-7-5-13(17-3)6-8-14;1-4-5-6(2)3;2-1-3;1-2/h5-8,12,16H,4,9-11H2,1-3H3;4-5H,2H2,1,3H3;1H,(H2,2,3);1H2/b;5-4-;;. The van der Waals surface area contributed by atoms with Gasteiger partial charge in [0.25, 0.3) is 0 Å². The molecule has 0 unspecified atom stereocenters. The van der Waals surface area contributed by atoms with Crippen molar-refractivity contribution < 1.29 is 19.4 Å². The predicted molar refractivity (Wildman–Crippen MR) is 124 cm³/mol.